The largest absolute Gasteiger partial charge is 0.349 e. The molecule has 0 bridgehead atoms. The first kappa shape index (κ1) is 15.3. The summed E-state index contributed by atoms with van der Waals surface area (Å²) in [7, 11) is 1.87. The van der Waals surface area contributed by atoms with Crippen molar-refractivity contribution in [1.82, 2.24) is 25.0 Å². The number of aryl methyl sites for hydroxylation is 1. The van der Waals surface area contributed by atoms with Crippen LogP contribution in [-0.2, 0) is 19.5 Å². The zero-order valence-corrected chi connectivity index (χ0v) is 14.0. The predicted molar refractivity (Wildman–Crippen MR) is 87.7 cm³/mol. The first-order valence-corrected chi connectivity index (χ1v) is 8.54. The van der Waals surface area contributed by atoms with Gasteiger partial charge in [0.2, 0.25) is 0 Å². The number of fused-ring (bicyclic) bond motifs is 1. The minimum absolute atomic E-state index is 0.707. The van der Waals surface area contributed by atoms with Crippen molar-refractivity contribution in [3.63, 3.8) is 0 Å². The summed E-state index contributed by atoms with van der Waals surface area (Å²) in [5.74, 6) is 4.62. The van der Waals surface area contributed by atoms with Crippen LogP contribution in [0.3, 0.4) is 0 Å². The van der Waals surface area contributed by atoms with E-state index in [1.165, 1.54) is 19.3 Å². The fourth-order valence-corrected chi connectivity index (χ4v) is 3.83. The van der Waals surface area contributed by atoms with Gasteiger partial charge in [-0.1, -0.05) is 13.8 Å². The number of hydrogen-bond acceptors (Lipinski definition) is 3. The minimum Gasteiger partial charge on any atom is -0.349 e. The highest BCUT2D eigenvalue weighted by Gasteiger charge is 2.24. The molecular formula is C16H28N6. The summed E-state index contributed by atoms with van der Waals surface area (Å²) in [4.78, 5) is 6.85. The third-order valence-electron chi connectivity index (χ3n) is 4.72. The van der Waals surface area contributed by atoms with Crippen LogP contribution in [0.1, 0.15) is 44.8 Å². The van der Waals surface area contributed by atoms with Gasteiger partial charge in [-0.3, -0.25) is 4.99 Å². The van der Waals surface area contributed by atoms with Crippen molar-refractivity contribution in [3.05, 3.63) is 11.6 Å². The highest BCUT2D eigenvalue weighted by atomic mass is 15.3. The van der Waals surface area contributed by atoms with Gasteiger partial charge in [0.15, 0.2) is 11.8 Å². The van der Waals surface area contributed by atoms with Gasteiger partial charge in [0.05, 0.1) is 6.54 Å². The molecule has 3 rings (SSSR count). The molecule has 1 aromatic rings. The van der Waals surface area contributed by atoms with Gasteiger partial charge in [-0.2, -0.15) is 0 Å². The van der Waals surface area contributed by atoms with E-state index in [9.17, 15) is 0 Å². The van der Waals surface area contributed by atoms with Crippen LogP contribution >= 0.6 is 0 Å². The molecule has 0 saturated carbocycles. The second-order valence-corrected chi connectivity index (χ2v) is 6.89. The molecule has 6 nitrogen and oxygen atoms in total. The molecule has 1 saturated heterocycles. The van der Waals surface area contributed by atoms with E-state index in [1.807, 2.05) is 7.05 Å². The number of guanidine groups is 1. The lowest BCUT2D eigenvalue weighted by Crippen LogP contribution is -2.48. The van der Waals surface area contributed by atoms with E-state index in [4.69, 9.17) is 0 Å². The monoisotopic (exact) mass is 304 g/mol. The van der Waals surface area contributed by atoms with E-state index in [2.05, 4.69) is 43.8 Å². The molecule has 0 aromatic carbocycles. The van der Waals surface area contributed by atoms with Crippen LogP contribution in [-0.4, -0.2) is 45.8 Å². The average Bonchev–Trinajstić information content (AvgIpc) is 2.90. The Morgan fingerprint density at radius 1 is 1.23 bits per heavy atom. The third-order valence-corrected chi connectivity index (χ3v) is 4.72. The van der Waals surface area contributed by atoms with Crippen molar-refractivity contribution in [2.24, 2.45) is 16.8 Å². The summed E-state index contributed by atoms with van der Waals surface area (Å²) in [5, 5.41) is 12.2. The Kier molecular flexibility index (Phi) is 4.64. The van der Waals surface area contributed by atoms with Crippen molar-refractivity contribution in [2.45, 2.75) is 52.6 Å². The van der Waals surface area contributed by atoms with Crippen LogP contribution in [0.5, 0.6) is 0 Å². The van der Waals surface area contributed by atoms with Crippen molar-refractivity contribution < 1.29 is 0 Å². The van der Waals surface area contributed by atoms with E-state index in [1.54, 1.807) is 0 Å². The number of nitrogens with zero attached hydrogens (tertiary/aromatic N) is 5. The number of nitrogens with one attached hydrogen (secondary N) is 1. The Hall–Kier alpha value is -1.59. The molecule has 2 atom stereocenters. The lowest BCUT2D eigenvalue weighted by atomic mass is 9.92. The van der Waals surface area contributed by atoms with Gasteiger partial charge < -0.3 is 14.8 Å². The second-order valence-electron chi connectivity index (χ2n) is 6.89. The predicted octanol–water partition coefficient (Wildman–Crippen LogP) is 1.67. The van der Waals surface area contributed by atoms with E-state index in [0.717, 1.165) is 55.5 Å². The summed E-state index contributed by atoms with van der Waals surface area (Å²) in [5.41, 5.74) is 0. The molecule has 2 aliphatic rings. The quantitative estimate of drug-likeness (QED) is 0.667. The van der Waals surface area contributed by atoms with Crippen molar-refractivity contribution in [3.8, 4) is 0 Å². The van der Waals surface area contributed by atoms with E-state index < -0.39 is 0 Å². The summed E-state index contributed by atoms with van der Waals surface area (Å²) < 4.78 is 2.27. The smallest absolute Gasteiger partial charge is 0.194 e. The molecular weight excluding hydrogens is 276 g/mol. The minimum atomic E-state index is 0.707. The van der Waals surface area contributed by atoms with E-state index in [0.29, 0.717) is 6.54 Å². The summed E-state index contributed by atoms with van der Waals surface area (Å²) in [6.45, 7) is 8.58. The van der Waals surface area contributed by atoms with Crippen molar-refractivity contribution in [2.75, 3.05) is 20.1 Å². The molecule has 1 aromatic heterocycles. The summed E-state index contributed by atoms with van der Waals surface area (Å²) in [6.07, 6.45) is 4.83. The molecule has 22 heavy (non-hydrogen) atoms. The summed E-state index contributed by atoms with van der Waals surface area (Å²) in [6, 6.07) is 0. The first-order valence-electron chi connectivity index (χ1n) is 8.54. The highest BCUT2D eigenvalue weighted by molar-refractivity contribution is 5.79. The van der Waals surface area contributed by atoms with Crippen molar-refractivity contribution >= 4 is 5.96 Å². The average molecular weight is 304 g/mol. The van der Waals surface area contributed by atoms with Gasteiger partial charge in [-0.15, -0.1) is 10.2 Å². The first-order chi connectivity index (χ1) is 10.7. The number of piperidine rings is 1. The van der Waals surface area contributed by atoms with Crippen LogP contribution in [0, 0.1) is 11.8 Å². The Balaban J connectivity index is 1.63. The maximum absolute atomic E-state index is 4.47. The lowest BCUT2D eigenvalue weighted by molar-refractivity contribution is 0.208. The number of aromatic nitrogens is 3. The van der Waals surface area contributed by atoms with E-state index in [-0.39, 0.29) is 0 Å². The molecule has 2 aliphatic heterocycles. The number of likely N-dealkylation sites (tertiary alicyclic amines) is 1. The Morgan fingerprint density at radius 2 is 2.00 bits per heavy atom. The van der Waals surface area contributed by atoms with Crippen LogP contribution in [0.25, 0.3) is 0 Å². The normalized spacial score (nSPS) is 26.0. The Bertz CT molecular complexity index is 525. The van der Waals surface area contributed by atoms with Crippen LogP contribution in [0.2, 0.25) is 0 Å². The molecule has 2 unspecified atom stereocenters. The summed E-state index contributed by atoms with van der Waals surface area (Å²) >= 11 is 0. The lowest BCUT2D eigenvalue weighted by Gasteiger charge is -2.37. The van der Waals surface area contributed by atoms with Gasteiger partial charge in [-0.25, -0.2) is 0 Å². The van der Waals surface area contributed by atoms with E-state index >= 15 is 0 Å². The fourth-order valence-electron chi connectivity index (χ4n) is 3.83. The number of aliphatic imine (C=N–C) groups is 1. The molecule has 3 heterocycles. The Labute approximate surface area is 133 Å². The number of hydrogen-bond donors (Lipinski definition) is 1. The molecule has 0 spiro atoms. The highest BCUT2D eigenvalue weighted by Crippen LogP contribution is 2.21. The maximum Gasteiger partial charge on any atom is 0.194 e. The van der Waals surface area contributed by atoms with Gasteiger partial charge in [0, 0.05) is 33.1 Å². The molecule has 0 radical (unpaired) electrons. The van der Waals surface area contributed by atoms with Gasteiger partial charge in [-0.05, 0) is 31.1 Å². The molecule has 122 valence electrons. The zero-order chi connectivity index (χ0) is 15.5. The fraction of sp³-hybridized carbons (Fsp3) is 0.812. The van der Waals surface area contributed by atoms with Crippen LogP contribution in [0.15, 0.2) is 4.99 Å². The molecule has 0 aliphatic carbocycles. The molecule has 6 heteroatoms. The van der Waals surface area contributed by atoms with Gasteiger partial charge in [0.25, 0.3) is 0 Å². The Morgan fingerprint density at radius 3 is 2.73 bits per heavy atom. The topological polar surface area (TPSA) is 58.3 Å². The maximum atomic E-state index is 4.47. The third kappa shape index (κ3) is 3.25. The van der Waals surface area contributed by atoms with Gasteiger partial charge >= 0.3 is 0 Å². The second kappa shape index (κ2) is 6.67. The molecule has 1 fully saturated rings. The SMILES string of the molecule is CN=C(NCc1nnc2n1CCCC2)N1CC(C)CC(C)C1. The van der Waals surface area contributed by atoms with Crippen LogP contribution < -0.4 is 5.32 Å². The molecule has 1 N–H and O–H groups in total. The molecule has 0 amide bonds. The van der Waals surface area contributed by atoms with Crippen molar-refractivity contribution in [1.29, 1.82) is 0 Å². The zero-order valence-electron chi connectivity index (χ0n) is 14.0. The van der Waals surface area contributed by atoms with Gasteiger partial charge in [0.1, 0.15) is 5.82 Å². The number of rotatable bonds is 2. The standard InChI is InChI=1S/C16H28N6/c1-12-8-13(2)11-21(10-12)16(17-3)18-9-15-20-19-14-6-4-5-7-22(14)15/h12-13H,4-11H2,1-3H3,(H,17,18). The van der Waals surface area contributed by atoms with Crippen LogP contribution in [0.4, 0.5) is 0 Å².